The normalized spacial score (nSPS) is 16.0. The number of hydrogen-bond donors (Lipinski definition) is 5. The molecule has 0 fully saturated rings. The largest absolute Gasteiger partial charge is 0.463 e. The van der Waals surface area contributed by atoms with E-state index in [9.17, 15) is 44.7 Å². The van der Waals surface area contributed by atoms with Crippen molar-refractivity contribution in [1.82, 2.24) is 9.55 Å². The van der Waals surface area contributed by atoms with E-state index in [1.165, 1.54) is 97.3 Å². The number of unbranched alkanes of at least 4 members (excludes halogenated alkanes) is 18. The summed E-state index contributed by atoms with van der Waals surface area (Å²) in [6.45, 7) is 8.29. The lowest BCUT2D eigenvalue weighted by Gasteiger charge is -2.31. The fourth-order valence-corrected chi connectivity index (χ4v) is 9.10. The van der Waals surface area contributed by atoms with E-state index in [4.69, 9.17) is 25.6 Å². The van der Waals surface area contributed by atoms with Gasteiger partial charge in [-0.15, -0.1) is 18.9 Å². The molecule has 3 aromatic rings. The Balaban J connectivity index is 0.000000287. The Kier molecular flexibility index (Phi) is 29.4. The van der Waals surface area contributed by atoms with Crippen LogP contribution in [0.25, 0.3) is 22.3 Å². The molecule has 4 heterocycles. The Labute approximate surface area is 428 Å². The van der Waals surface area contributed by atoms with Crippen molar-refractivity contribution in [2.24, 2.45) is 0 Å². The van der Waals surface area contributed by atoms with Gasteiger partial charge in [0.05, 0.1) is 53.4 Å². The van der Waals surface area contributed by atoms with Gasteiger partial charge in [0.15, 0.2) is 5.60 Å². The molecular formula is C58H86N2O12. The van der Waals surface area contributed by atoms with Crippen LogP contribution < -0.4 is 5.56 Å². The number of rotatable bonds is 32. The van der Waals surface area contributed by atoms with Crippen molar-refractivity contribution in [1.29, 1.82) is 0 Å². The lowest BCUT2D eigenvalue weighted by molar-refractivity contribution is -0.172. The number of fused-ring (bicyclic) bond motifs is 5. The summed E-state index contributed by atoms with van der Waals surface area (Å²) in [7, 11) is 0. The minimum atomic E-state index is -1.79. The molecule has 0 saturated heterocycles. The second-order valence-electron chi connectivity index (χ2n) is 19.5. The van der Waals surface area contributed by atoms with Crippen LogP contribution in [-0.2, 0) is 47.3 Å². The van der Waals surface area contributed by atoms with Gasteiger partial charge >= 0.3 is 17.9 Å². The van der Waals surface area contributed by atoms with Crippen LogP contribution in [0.3, 0.4) is 0 Å². The maximum absolute atomic E-state index is 13.0. The molecule has 5 unspecified atom stereocenters. The number of aliphatic hydroxyl groups excluding tert-OH is 4. The third-order valence-electron chi connectivity index (χ3n) is 13.3. The van der Waals surface area contributed by atoms with E-state index in [1.54, 1.807) is 17.6 Å². The highest BCUT2D eigenvalue weighted by atomic mass is 16.6. The maximum Gasteiger partial charge on any atom is 0.343 e. The Morgan fingerprint density at radius 1 is 0.778 bits per heavy atom. The topological polar surface area (TPSA) is 215 Å². The van der Waals surface area contributed by atoms with Crippen LogP contribution in [0.15, 0.2) is 53.8 Å². The summed E-state index contributed by atoms with van der Waals surface area (Å²) in [5.41, 5.74) is 1.81. The van der Waals surface area contributed by atoms with Crippen LogP contribution in [0.5, 0.6) is 0 Å². The highest BCUT2D eigenvalue weighted by Crippen LogP contribution is 2.38. The summed E-state index contributed by atoms with van der Waals surface area (Å²) < 4.78 is 16.1. The van der Waals surface area contributed by atoms with Crippen LogP contribution in [0, 0.1) is 12.3 Å². The smallest absolute Gasteiger partial charge is 0.343 e. The zero-order chi connectivity index (χ0) is 52.7. The number of carbonyl (C=O) groups excluding carboxylic acids is 3. The van der Waals surface area contributed by atoms with Crippen LogP contribution >= 0.6 is 0 Å². The van der Waals surface area contributed by atoms with E-state index in [0.717, 1.165) is 67.1 Å². The minimum Gasteiger partial charge on any atom is -0.463 e. The number of nitrogens with zero attached hydrogens (tertiary/aromatic N) is 2. The first-order valence-electron chi connectivity index (χ1n) is 26.7. The van der Waals surface area contributed by atoms with Crippen molar-refractivity contribution >= 4 is 28.8 Å². The Bertz CT molecular complexity index is 2200. The summed E-state index contributed by atoms with van der Waals surface area (Å²) in [5.74, 6) is 1.15. The molecule has 0 saturated carbocycles. The summed E-state index contributed by atoms with van der Waals surface area (Å²) in [4.78, 5) is 51.1. The van der Waals surface area contributed by atoms with E-state index >= 15 is 0 Å². The number of hydrogen-bond acceptors (Lipinski definition) is 13. The number of terminal acetylenes is 1. The lowest BCUT2D eigenvalue weighted by atomic mass is 9.86. The lowest BCUT2D eigenvalue weighted by Crippen LogP contribution is -2.44. The van der Waals surface area contributed by atoms with Crippen molar-refractivity contribution < 1.29 is 54.1 Å². The molecule has 2 aliphatic rings. The zero-order valence-corrected chi connectivity index (χ0v) is 43.6. The fourth-order valence-electron chi connectivity index (χ4n) is 9.10. The first-order valence-corrected chi connectivity index (χ1v) is 26.7. The quantitative estimate of drug-likeness (QED) is 0.0101. The number of pyridine rings is 2. The first-order chi connectivity index (χ1) is 34.6. The van der Waals surface area contributed by atoms with E-state index in [-0.39, 0.29) is 44.6 Å². The van der Waals surface area contributed by atoms with Crippen molar-refractivity contribution in [3.8, 4) is 23.7 Å². The maximum atomic E-state index is 13.0. The van der Waals surface area contributed by atoms with Gasteiger partial charge in [-0.25, -0.2) is 9.78 Å². The van der Waals surface area contributed by atoms with Gasteiger partial charge in [-0.3, -0.25) is 14.4 Å². The third kappa shape index (κ3) is 22.1. The molecule has 1 aromatic carbocycles. The van der Waals surface area contributed by atoms with Crippen molar-refractivity contribution in [2.45, 2.75) is 224 Å². The number of para-hydroxylation sites is 1. The van der Waals surface area contributed by atoms with Gasteiger partial charge in [0.1, 0.15) is 19.8 Å². The van der Waals surface area contributed by atoms with E-state index in [0.29, 0.717) is 36.2 Å². The highest BCUT2D eigenvalue weighted by molar-refractivity contribution is 5.86. The van der Waals surface area contributed by atoms with Crippen LogP contribution in [0.1, 0.15) is 198 Å². The molecule has 5 atom stereocenters. The molecule has 400 valence electrons. The SMILES string of the molecule is C#CCCCCCCCCCCCC(O)CC(O)COC(C)=O.C=CCCCCCCCCCCCC(O)CC(O)COC(C)=O.CCC1(O)C(=O)OCc2c1cc1n(c2=O)Cc2cc3ccccc3nc2-1. The summed E-state index contributed by atoms with van der Waals surface area (Å²) in [5, 5.41) is 50.7. The molecular weight excluding hydrogens is 917 g/mol. The molecule has 2 aromatic heterocycles. The highest BCUT2D eigenvalue weighted by Gasteiger charge is 2.45. The number of cyclic esters (lactones) is 1. The molecule has 14 nitrogen and oxygen atoms in total. The number of aromatic nitrogens is 2. The molecule has 0 amide bonds. The number of benzene rings is 1. The summed E-state index contributed by atoms with van der Waals surface area (Å²) >= 11 is 0. The van der Waals surface area contributed by atoms with Gasteiger partial charge in [0.25, 0.3) is 5.56 Å². The van der Waals surface area contributed by atoms with Crippen molar-refractivity contribution in [2.75, 3.05) is 13.2 Å². The van der Waals surface area contributed by atoms with Gasteiger partial charge in [0, 0.05) is 49.6 Å². The predicted octanol–water partition coefficient (Wildman–Crippen LogP) is 9.80. The Morgan fingerprint density at radius 3 is 1.78 bits per heavy atom. The molecule has 5 rings (SSSR count). The van der Waals surface area contributed by atoms with Crippen molar-refractivity contribution in [3.05, 3.63) is 76.1 Å². The number of carbonyl (C=O) groups is 3. The fraction of sp³-hybridized carbons (Fsp3) is 0.638. The van der Waals surface area contributed by atoms with E-state index < -0.39 is 47.9 Å². The van der Waals surface area contributed by atoms with Crippen LogP contribution in [0.2, 0.25) is 0 Å². The molecule has 72 heavy (non-hydrogen) atoms. The number of allylic oxidation sites excluding steroid dienone is 1. The van der Waals surface area contributed by atoms with Gasteiger partial charge in [-0.05, 0) is 56.7 Å². The van der Waals surface area contributed by atoms with E-state index in [1.807, 2.05) is 36.4 Å². The molecule has 0 aliphatic carbocycles. The first kappa shape index (κ1) is 61.4. The molecule has 0 radical (unpaired) electrons. The summed E-state index contributed by atoms with van der Waals surface area (Å²) in [6.07, 6.45) is 30.7. The van der Waals surface area contributed by atoms with Crippen LogP contribution in [0.4, 0.5) is 0 Å². The monoisotopic (exact) mass is 1000 g/mol. The van der Waals surface area contributed by atoms with Crippen LogP contribution in [-0.4, -0.2) is 90.6 Å². The Hall–Kier alpha value is -4.91. The van der Waals surface area contributed by atoms with Gasteiger partial charge < -0.3 is 44.3 Å². The Morgan fingerprint density at radius 2 is 1.28 bits per heavy atom. The molecule has 0 spiro atoms. The second-order valence-corrected chi connectivity index (χ2v) is 19.5. The molecule has 2 aliphatic heterocycles. The molecule has 0 bridgehead atoms. The second kappa shape index (κ2) is 34.5. The average molecular weight is 1000 g/mol. The van der Waals surface area contributed by atoms with Gasteiger partial charge in [-0.1, -0.05) is 134 Å². The van der Waals surface area contributed by atoms with E-state index in [2.05, 4.69) is 12.5 Å². The number of ether oxygens (including phenoxy) is 3. The predicted molar refractivity (Wildman–Crippen MR) is 282 cm³/mol. The third-order valence-corrected chi connectivity index (χ3v) is 13.3. The molecule has 14 heteroatoms. The average Bonchev–Trinajstić information content (AvgIpc) is 3.72. The number of aliphatic hydroxyl groups is 5. The van der Waals surface area contributed by atoms with Gasteiger partial charge in [0.2, 0.25) is 0 Å². The van der Waals surface area contributed by atoms with Gasteiger partial charge in [-0.2, -0.15) is 0 Å². The number of esters is 3. The molecule has 5 N–H and O–H groups in total. The minimum absolute atomic E-state index is 0.0286. The zero-order valence-electron chi connectivity index (χ0n) is 43.6. The standard InChI is InChI=1S/C20H16N2O4.C19H36O4.C19H34O4/c1-2-20(25)14-8-16-17-12(7-11-5-3-4-6-15(11)21-17)9-22(16)18(23)13(14)10-26-19(20)24;2*1-3-4-5-6-7-8-9-10-11-12-13-14-18(21)15-19(22)16-23-17(2)20/h3-8,25H,2,9-10H2,1H3;3,18-19,21-22H,1,4-16H2,2H3;1,18-19,21-22H,4-16H2,2H3. The van der Waals surface area contributed by atoms with Crippen molar-refractivity contribution in [3.63, 3.8) is 0 Å². The summed E-state index contributed by atoms with van der Waals surface area (Å²) in [6, 6.07) is 11.6.